The fraction of sp³-hybridized carbons (Fsp3) is 0.278. The number of methoxy groups -OCH3 is 2. The normalized spacial score (nSPS) is 11.1. The number of hydrogen-bond acceptors (Lipinski definition) is 3. The van der Waals surface area contributed by atoms with Crippen LogP contribution in [0.25, 0.3) is 0 Å². The number of para-hydroxylation sites is 1. The van der Waals surface area contributed by atoms with Gasteiger partial charge in [-0.25, -0.2) is 9.38 Å². The maximum atomic E-state index is 13.6. The van der Waals surface area contributed by atoms with Crippen LogP contribution in [0.5, 0.6) is 0 Å². The number of nitrogens with two attached hydrogens (primary N) is 1. The van der Waals surface area contributed by atoms with E-state index in [1.54, 1.807) is 19.2 Å². The summed E-state index contributed by atoms with van der Waals surface area (Å²) in [5, 5.41) is 3.07. The molecule has 7 heteroatoms. The Morgan fingerprint density at radius 3 is 2.48 bits per heavy atom. The second-order valence-electron chi connectivity index (χ2n) is 5.28. The molecule has 2 rings (SSSR count). The summed E-state index contributed by atoms with van der Waals surface area (Å²) in [6.07, 6.45) is 0. The van der Waals surface area contributed by atoms with Gasteiger partial charge in [0.1, 0.15) is 5.82 Å². The quantitative estimate of drug-likeness (QED) is 0.377. The third kappa shape index (κ3) is 6.60. The number of rotatable bonds is 7. The van der Waals surface area contributed by atoms with Crippen LogP contribution in [0, 0.1) is 5.82 Å². The van der Waals surface area contributed by atoms with Crippen LogP contribution >= 0.6 is 24.0 Å². The van der Waals surface area contributed by atoms with E-state index in [9.17, 15) is 4.39 Å². The van der Waals surface area contributed by atoms with Gasteiger partial charge in [-0.3, -0.25) is 0 Å². The zero-order valence-electron chi connectivity index (χ0n) is 14.3. The molecule has 5 nitrogen and oxygen atoms in total. The van der Waals surface area contributed by atoms with Gasteiger partial charge in [-0.15, -0.1) is 24.0 Å². The number of nitrogens with one attached hydrogen (secondary N) is 1. The van der Waals surface area contributed by atoms with Crippen molar-refractivity contribution >= 4 is 35.6 Å². The van der Waals surface area contributed by atoms with Crippen molar-refractivity contribution in [2.45, 2.75) is 19.8 Å². The first-order valence-electron chi connectivity index (χ1n) is 7.54. The summed E-state index contributed by atoms with van der Waals surface area (Å²) in [6.45, 7) is 1.05. The van der Waals surface area contributed by atoms with E-state index in [-0.39, 0.29) is 42.4 Å². The molecule has 0 aromatic heterocycles. The molecule has 3 N–H and O–H groups in total. The Balaban J connectivity index is 0.00000312. The number of ether oxygens (including phenoxy) is 2. The van der Waals surface area contributed by atoms with Crippen molar-refractivity contribution in [1.82, 2.24) is 0 Å². The summed E-state index contributed by atoms with van der Waals surface area (Å²) in [6, 6.07) is 12.5. The van der Waals surface area contributed by atoms with Gasteiger partial charge >= 0.3 is 0 Å². The number of nitrogens with zero attached hydrogens (tertiary/aromatic N) is 1. The second-order valence-corrected chi connectivity index (χ2v) is 5.28. The van der Waals surface area contributed by atoms with E-state index >= 15 is 0 Å². The lowest BCUT2D eigenvalue weighted by atomic mass is 10.1. The van der Waals surface area contributed by atoms with Crippen molar-refractivity contribution in [3.05, 3.63) is 65.0 Å². The lowest BCUT2D eigenvalue weighted by molar-refractivity contribution is 0.181. The highest BCUT2D eigenvalue weighted by Crippen LogP contribution is 2.16. The van der Waals surface area contributed by atoms with Gasteiger partial charge in [0.05, 0.1) is 19.8 Å². The minimum absolute atomic E-state index is 0. The second kappa shape index (κ2) is 11.0. The van der Waals surface area contributed by atoms with Gasteiger partial charge < -0.3 is 20.5 Å². The molecule has 0 heterocycles. The van der Waals surface area contributed by atoms with E-state index in [2.05, 4.69) is 10.3 Å². The molecule has 25 heavy (non-hydrogen) atoms. The van der Waals surface area contributed by atoms with Gasteiger partial charge in [-0.1, -0.05) is 24.3 Å². The topological polar surface area (TPSA) is 68.9 Å². The van der Waals surface area contributed by atoms with Gasteiger partial charge in [0, 0.05) is 31.0 Å². The molecular weight excluding hydrogens is 436 g/mol. The van der Waals surface area contributed by atoms with Gasteiger partial charge in [0.15, 0.2) is 5.96 Å². The summed E-state index contributed by atoms with van der Waals surface area (Å²) in [5.41, 5.74) is 9.14. The molecule has 0 aliphatic heterocycles. The van der Waals surface area contributed by atoms with E-state index in [4.69, 9.17) is 15.2 Å². The standard InChI is InChI=1S/C18H22FN3O2.HI/c1-23-11-14-5-3-4-6-17(14)22-18(20)21-10-13-7-8-16(19)15(9-13)12-24-2;/h3-9H,10-12H2,1-2H3,(H3,20,21,22);1H. The molecule has 136 valence electrons. The minimum atomic E-state index is -0.288. The highest BCUT2D eigenvalue weighted by Gasteiger charge is 2.05. The SMILES string of the molecule is COCc1cc(CN=C(N)Nc2ccccc2COC)ccc1F.I. The van der Waals surface area contributed by atoms with E-state index in [1.807, 2.05) is 24.3 Å². The molecule has 0 radical (unpaired) electrons. The molecule has 0 saturated heterocycles. The summed E-state index contributed by atoms with van der Waals surface area (Å²) in [5.74, 6) is 0.000314. The number of halogens is 2. The van der Waals surface area contributed by atoms with Crippen LogP contribution in [0.4, 0.5) is 10.1 Å². The minimum Gasteiger partial charge on any atom is -0.380 e. The zero-order chi connectivity index (χ0) is 17.4. The molecule has 0 amide bonds. The monoisotopic (exact) mass is 459 g/mol. The predicted molar refractivity (Wildman–Crippen MR) is 109 cm³/mol. The average molecular weight is 459 g/mol. The molecule has 0 fully saturated rings. The fourth-order valence-electron chi connectivity index (χ4n) is 2.27. The van der Waals surface area contributed by atoms with Crippen LogP contribution in [0.2, 0.25) is 0 Å². The predicted octanol–water partition coefficient (Wildman–Crippen LogP) is 3.66. The maximum Gasteiger partial charge on any atom is 0.193 e. The number of hydrogen-bond donors (Lipinski definition) is 2. The highest BCUT2D eigenvalue weighted by molar-refractivity contribution is 14.0. The number of guanidine groups is 1. The summed E-state index contributed by atoms with van der Waals surface area (Å²) in [4.78, 5) is 4.30. The molecule has 0 saturated carbocycles. The Hall–Kier alpha value is -1.71. The first-order valence-corrected chi connectivity index (χ1v) is 7.54. The largest absolute Gasteiger partial charge is 0.380 e. The van der Waals surface area contributed by atoms with Crippen LogP contribution in [-0.2, 0) is 29.2 Å². The van der Waals surface area contributed by atoms with Crippen molar-refractivity contribution in [1.29, 1.82) is 0 Å². The van der Waals surface area contributed by atoms with Gasteiger partial charge in [-0.05, 0) is 23.8 Å². The Morgan fingerprint density at radius 1 is 1.08 bits per heavy atom. The highest BCUT2D eigenvalue weighted by atomic mass is 127. The van der Waals surface area contributed by atoms with Crippen LogP contribution < -0.4 is 11.1 Å². The van der Waals surface area contributed by atoms with Crippen LogP contribution in [0.15, 0.2) is 47.5 Å². The maximum absolute atomic E-state index is 13.6. The Labute approximate surface area is 164 Å². The summed E-state index contributed by atoms with van der Waals surface area (Å²) < 4.78 is 23.7. The van der Waals surface area contributed by atoms with Crippen LogP contribution in [-0.4, -0.2) is 20.2 Å². The van der Waals surface area contributed by atoms with Crippen molar-refractivity contribution in [3.63, 3.8) is 0 Å². The average Bonchev–Trinajstić information content (AvgIpc) is 2.58. The molecule has 0 atom stereocenters. The van der Waals surface area contributed by atoms with E-state index in [1.165, 1.54) is 13.2 Å². The van der Waals surface area contributed by atoms with Crippen molar-refractivity contribution < 1.29 is 13.9 Å². The number of aliphatic imine (C=N–C) groups is 1. The van der Waals surface area contributed by atoms with E-state index in [0.717, 1.165) is 16.8 Å². The molecule has 2 aromatic rings. The van der Waals surface area contributed by atoms with Gasteiger partial charge in [0.2, 0.25) is 0 Å². The third-order valence-corrected chi connectivity index (χ3v) is 3.42. The van der Waals surface area contributed by atoms with E-state index < -0.39 is 0 Å². The summed E-state index contributed by atoms with van der Waals surface area (Å²) >= 11 is 0. The Morgan fingerprint density at radius 2 is 1.76 bits per heavy atom. The smallest absolute Gasteiger partial charge is 0.193 e. The lowest BCUT2D eigenvalue weighted by Gasteiger charge is -2.11. The zero-order valence-corrected chi connectivity index (χ0v) is 16.6. The van der Waals surface area contributed by atoms with Gasteiger partial charge in [0.25, 0.3) is 0 Å². The Kier molecular flexibility index (Phi) is 9.40. The first-order chi connectivity index (χ1) is 11.6. The van der Waals surface area contributed by atoms with Crippen molar-refractivity contribution in [3.8, 4) is 0 Å². The molecule has 0 aliphatic rings. The molecule has 0 bridgehead atoms. The van der Waals surface area contributed by atoms with Crippen LogP contribution in [0.1, 0.15) is 16.7 Å². The molecular formula is C18H23FIN3O2. The van der Waals surface area contributed by atoms with Crippen LogP contribution in [0.3, 0.4) is 0 Å². The third-order valence-electron chi connectivity index (χ3n) is 3.42. The fourth-order valence-corrected chi connectivity index (χ4v) is 2.27. The number of anilines is 1. The van der Waals surface area contributed by atoms with E-state index in [0.29, 0.717) is 18.7 Å². The molecule has 0 unspecified atom stereocenters. The number of benzene rings is 2. The first kappa shape index (κ1) is 21.3. The van der Waals surface area contributed by atoms with Gasteiger partial charge in [-0.2, -0.15) is 0 Å². The Bertz CT molecular complexity index is 710. The molecule has 0 spiro atoms. The van der Waals surface area contributed by atoms with Crippen molar-refractivity contribution in [2.75, 3.05) is 19.5 Å². The molecule has 0 aliphatic carbocycles. The van der Waals surface area contributed by atoms with Crippen molar-refractivity contribution in [2.24, 2.45) is 10.7 Å². The summed E-state index contributed by atoms with van der Waals surface area (Å²) in [7, 11) is 3.17. The molecule has 2 aromatic carbocycles. The lowest BCUT2D eigenvalue weighted by Crippen LogP contribution is -2.23.